The van der Waals surface area contributed by atoms with Crippen LogP contribution in [0.4, 0.5) is 4.39 Å². The first-order chi connectivity index (χ1) is 11.6. The van der Waals surface area contributed by atoms with Crippen molar-refractivity contribution in [2.45, 2.75) is 13.5 Å². The fourth-order valence-corrected chi connectivity index (χ4v) is 2.43. The molecule has 24 heavy (non-hydrogen) atoms. The Kier molecular flexibility index (Phi) is 4.29. The van der Waals surface area contributed by atoms with Crippen LogP contribution in [0.2, 0.25) is 0 Å². The molecule has 0 aliphatic heterocycles. The topological polar surface area (TPSA) is 67.2 Å². The zero-order chi connectivity index (χ0) is 17.1. The molecule has 0 fully saturated rings. The van der Waals surface area contributed by atoms with E-state index in [4.69, 9.17) is 0 Å². The lowest BCUT2D eigenvalue weighted by molar-refractivity contribution is 0.0948. The Morgan fingerprint density at radius 1 is 1.29 bits per heavy atom. The van der Waals surface area contributed by atoms with Gasteiger partial charge in [-0.3, -0.25) is 4.79 Å². The van der Waals surface area contributed by atoms with E-state index < -0.39 is 11.7 Å². The minimum atomic E-state index is -0.414. The van der Waals surface area contributed by atoms with Gasteiger partial charge in [0, 0.05) is 18.9 Å². The Morgan fingerprint density at radius 2 is 2.08 bits per heavy atom. The van der Waals surface area contributed by atoms with Gasteiger partial charge in [-0.2, -0.15) is 0 Å². The van der Waals surface area contributed by atoms with E-state index in [0.717, 1.165) is 0 Å². The molecule has 3 rings (SSSR count). The molecule has 1 heterocycles. The van der Waals surface area contributed by atoms with Gasteiger partial charge >= 0.3 is 0 Å². The summed E-state index contributed by atoms with van der Waals surface area (Å²) in [5.41, 5.74) is 1.21. The third-order valence-electron chi connectivity index (χ3n) is 3.70. The van der Waals surface area contributed by atoms with E-state index in [-0.39, 0.29) is 17.9 Å². The van der Waals surface area contributed by atoms with Crippen LogP contribution >= 0.6 is 0 Å². The number of amides is 1. The molecule has 0 saturated carbocycles. The van der Waals surface area contributed by atoms with E-state index in [1.165, 1.54) is 18.2 Å². The number of carbonyl (C=O) groups is 1. The Morgan fingerprint density at radius 3 is 2.75 bits per heavy atom. The maximum Gasteiger partial charge on any atom is 0.255 e. The molecule has 2 aromatic carbocycles. The lowest BCUT2D eigenvalue weighted by Gasteiger charge is -2.10. The van der Waals surface area contributed by atoms with E-state index >= 15 is 0 Å². The fraction of sp³-hybridized carbons (Fsp3) is 0.111. The summed E-state index contributed by atoms with van der Waals surface area (Å²) in [4.78, 5) is 16.1. The van der Waals surface area contributed by atoms with Gasteiger partial charge in [0.25, 0.3) is 5.91 Å². The van der Waals surface area contributed by atoms with Crippen molar-refractivity contribution in [3.63, 3.8) is 0 Å². The molecule has 1 amide bonds. The summed E-state index contributed by atoms with van der Waals surface area (Å²) in [5.74, 6) is -0.213. The van der Waals surface area contributed by atoms with E-state index in [2.05, 4.69) is 10.3 Å². The average Bonchev–Trinajstić information content (AvgIpc) is 2.99. The van der Waals surface area contributed by atoms with Crippen LogP contribution in [0.25, 0.3) is 5.69 Å². The average molecular weight is 325 g/mol. The number of halogens is 1. The minimum Gasteiger partial charge on any atom is -0.507 e. The summed E-state index contributed by atoms with van der Waals surface area (Å²) in [5, 5.41) is 12.3. The molecule has 0 unspecified atom stereocenters. The number of hydrogen-bond donors (Lipinski definition) is 2. The SMILES string of the molecule is Cc1nccn1-c1ccc(CNC(=O)c2ccccc2O)cc1F. The Bertz CT molecular complexity index is 889. The first-order valence-corrected chi connectivity index (χ1v) is 7.41. The maximum atomic E-state index is 14.3. The summed E-state index contributed by atoms with van der Waals surface area (Å²) in [6.45, 7) is 1.95. The number of rotatable bonds is 4. The second-order valence-corrected chi connectivity index (χ2v) is 5.33. The monoisotopic (exact) mass is 325 g/mol. The lowest BCUT2D eigenvalue weighted by Crippen LogP contribution is -2.23. The number of para-hydroxylation sites is 1. The molecule has 5 nitrogen and oxygen atoms in total. The summed E-state index contributed by atoms with van der Waals surface area (Å²) in [7, 11) is 0. The molecule has 0 spiro atoms. The molecule has 122 valence electrons. The molecular formula is C18H16FN3O2. The van der Waals surface area contributed by atoms with Crippen LogP contribution < -0.4 is 5.32 Å². The highest BCUT2D eigenvalue weighted by Gasteiger charge is 2.11. The van der Waals surface area contributed by atoms with Crippen LogP contribution in [-0.2, 0) is 6.54 Å². The third-order valence-corrected chi connectivity index (χ3v) is 3.70. The van der Waals surface area contributed by atoms with Crippen molar-refractivity contribution >= 4 is 5.91 Å². The number of nitrogens with zero attached hydrogens (tertiary/aromatic N) is 2. The number of phenols is 1. The standard InChI is InChI=1S/C18H16FN3O2/c1-12-20-8-9-22(12)16-7-6-13(10-15(16)19)11-21-18(24)14-4-2-3-5-17(14)23/h2-10,23H,11H2,1H3,(H,21,24). The van der Waals surface area contributed by atoms with Gasteiger partial charge < -0.3 is 15.0 Å². The third kappa shape index (κ3) is 3.12. The van der Waals surface area contributed by atoms with Crippen LogP contribution in [0.5, 0.6) is 5.75 Å². The number of phenolic OH excluding ortho intramolecular Hbond substituents is 1. The van der Waals surface area contributed by atoms with E-state index in [9.17, 15) is 14.3 Å². The van der Waals surface area contributed by atoms with Crippen molar-refractivity contribution in [2.75, 3.05) is 0 Å². The zero-order valence-electron chi connectivity index (χ0n) is 13.0. The van der Waals surface area contributed by atoms with Crippen molar-refractivity contribution in [2.24, 2.45) is 0 Å². The molecule has 0 radical (unpaired) electrons. The first kappa shape index (κ1) is 15.7. The summed E-state index contributed by atoms with van der Waals surface area (Å²) in [6.07, 6.45) is 3.29. The number of aryl methyl sites for hydroxylation is 1. The molecule has 0 atom stereocenters. The van der Waals surface area contributed by atoms with Gasteiger partial charge in [-0.1, -0.05) is 18.2 Å². The number of hydrogen-bond acceptors (Lipinski definition) is 3. The lowest BCUT2D eigenvalue weighted by atomic mass is 10.1. The van der Waals surface area contributed by atoms with Crippen LogP contribution in [0.15, 0.2) is 54.9 Å². The molecular weight excluding hydrogens is 309 g/mol. The van der Waals surface area contributed by atoms with Gasteiger partial charge in [0.1, 0.15) is 17.4 Å². The number of imidazole rings is 1. The number of nitrogens with one attached hydrogen (secondary N) is 1. The predicted octanol–water partition coefficient (Wildman–Crippen LogP) is 2.96. The van der Waals surface area contributed by atoms with Gasteiger partial charge in [-0.25, -0.2) is 9.37 Å². The van der Waals surface area contributed by atoms with E-state index in [1.807, 2.05) is 0 Å². The summed E-state index contributed by atoms with van der Waals surface area (Å²) in [6, 6.07) is 11.0. The van der Waals surface area contributed by atoms with Crippen LogP contribution in [0.1, 0.15) is 21.7 Å². The molecule has 6 heteroatoms. The second-order valence-electron chi connectivity index (χ2n) is 5.33. The highest BCUT2D eigenvalue weighted by atomic mass is 19.1. The molecule has 2 N–H and O–H groups in total. The molecule has 0 aliphatic carbocycles. The number of aromatic hydroxyl groups is 1. The normalized spacial score (nSPS) is 10.6. The van der Waals surface area contributed by atoms with E-state index in [1.54, 1.807) is 48.1 Å². The summed E-state index contributed by atoms with van der Waals surface area (Å²) < 4.78 is 16.0. The van der Waals surface area contributed by atoms with Gasteiger partial charge in [-0.15, -0.1) is 0 Å². The van der Waals surface area contributed by atoms with Crippen molar-refractivity contribution in [1.82, 2.24) is 14.9 Å². The number of benzene rings is 2. The largest absolute Gasteiger partial charge is 0.507 e. The van der Waals surface area contributed by atoms with Crippen molar-refractivity contribution in [1.29, 1.82) is 0 Å². The molecule has 0 saturated heterocycles. The van der Waals surface area contributed by atoms with Crippen LogP contribution in [-0.4, -0.2) is 20.6 Å². The predicted molar refractivity (Wildman–Crippen MR) is 87.5 cm³/mol. The highest BCUT2D eigenvalue weighted by molar-refractivity contribution is 5.96. The molecule has 3 aromatic rings. The smallest absolute Gasteiger partial charge is 0.255 e. The van der Waals surface area contributed by atoms with Gasteiger partial charge in [-0.05, 0) is 36.8 Å². The molecule has 0 bridgehead atoms. The van der Waals surface area contributed by atoms with Crippen molar-refractivity contribution in [3.8, 4) is 11.4 Å². The fourth-order valence-electron chi connectivity index (χ4n) is 2.43. The Balaban J connectivity index is 1.73. The number of aromatic nitrogens is 2. The van der Waals surface area contributed by atoms with Gasteiger partial charge in [0.05, 0.1) is 11.3 Å². The Labute approximate surface area is 138 Å². The van der Waals surface area contributed by atoms with Crippen molar-refractivity contribution in [3.05, 3.63) is 77.6 Å². The van der Waals surface area contributed by atoms with Gasteiger partial charge in [0.15, 0.2) is 0 Å². The quantitative estimate of drug-likeness (QED) is 0.775. The Hall–Kier alpha value is -3.15. The summed E-state index contributed by atoms with van der Waals surface area (Å²) >= 11 is 0. The maximum absolute atomic E-state index is 14.3. The highest BCUT2D eigenvalue weighted by Crippen LogP contribution is 2.18. The zero-order valence-corrected chi connectivity index (χ0v) is 13.0. The van der Waals surface area contributed by atoms with Crippen LogP contribution in [0.3, 0.4) is 0 Å². The minimum absolute atomic E-state index is 0.0906. The van der Waals surface area contributed by atoms with Crippen molar-refractivity contribution < 1.29 is 14.3 Å². The number of carbonyl (C=O) groups excluding carboxylic acids is 1. The first-order valence-electron chi connectivity index (χ1n) is 7.41. The van der Waals surface area contributed by atoms with E-state index in [0.29, 0.717) is 17.1 Å². The molecule has 1 aromatic heterocycles. The van der Waals surface area contributed by atoms with Gasteiger partial charge in [0.2, 0.25) is 0 Å². The van der Waals surface area contributed by atoms with Crippen LogP contribution in [0, 0.1) is 12.7 Å². The molecule has 0 aliphatic rings. The second kappa shape index (κ2) is 6.54.